The van der Waals surface area contributed by atoms with Crippen LogP contribution in [0.5, 0.6) is 0 Å². The predicted octanol–water partition coefficient (Wildman–Crippen LogP) is 2.81. The first kappa shape index (κ1) is 9.13. The van der Waals surface area contributed by atoms with Crippen LogP contribution in [0.3, 0.4) is 0 Å². The largest absolute Gasteiger partial charge is 0.280 e. The molecular formula is C10H14BrNO2. The van der Waals surface area contributed by atoms with E-state index < -0.39 is 4.45 Å². The van der Waals surface area contributed by atoms with E-state index in [9.17, 15) is 10.1 Å². The highest BCUT2D eigenvalue weighted by molar-refractivity contribution is 9.10. The average Bonchev–Trinajstić information content (AvgIpc) is 2.12. The molecule has 0 heterocycles. The maximum absolute atomic E-state index is 11.2. The second-order valence-corrected chi connectivity index (χ2v) is 6.56. The molecular weight excluding hydrogens is 246 g/mol. The van der Waals surface area contributed by atoms with Crippen molar-refractivity contribution in [3.63, 3.8) is 0 Å². The van der Waals surface area contributed by atoms with Gasteiger partial charge in [-0.1, -0.05) is 0 Å². The Morgan fingerprint density at radius 1 is 1.07 bits per heavy atom. The first-order valence-corrected chi connectivity index (χ1v) is 6.23. The maximum atomic E-state index is 11.2. The Hall–Kier alpha value is -0.120. The Balaban J connectivity index is 1.98. The van der Waals surface area contributed by atoms with Crippen molar-refractivity contribution in [2.24, 2.45) is 23.7 Å². The van der Waals surface area contributed by atoms with E-state index in [1.165, 1.54) is 6.42 Å². The predicted molar refractivity (Wildman–Crippen MR) is 55.7 cm³/mol. The number of hydrogen-bond donors (Lipinski definition) is 0. The molecule has 0 spiro atoms. The molecule has 0 radical (unpaired) electrons. The maximum Gasteiger partial charge on any atom is 0.280 e. The highest BCUT2D eigenvalue weighted by Crippen LogP contribution is 2.61. The Morgan fingerprint density at radius 2 is 1.50 bits per heavy atom. The second-order valence-electron chi connectivity index (χ2n) is 5.29. The van der Waals surface area contributed by atoms with Crippen molar-refractivity contribution in [2.75, 3.05) is 0 Å². The summed E-state index contributed by atoms with van der Waals surface area (Å²) in [7, 11) is 0. The summed E-state index contributed by atoms with van der Waals surface area (Å²) in [5, 5.41) is 11.2. The third kappa shape index (κ3) is 0.980. The number of nitro groups is 1. The van der Waals surface area contributed by atoms with Gasteiger partial charge in [-0.15, -0.1) is 0 Å². The molecule has 0 aromatic heterocycles. The van der Waals surface area contributed by atoms with E-state index in [4.69, 9.17) is 0 Å². The first-order chi connectivity index (χ1) is 6.60. The van der Waals surface area contributed by atoms with Crippen LogP contribution in [0.4, 0.5) is 0 Å². The summed E-state index contributed by atoms with van der Waals surface area (Å²) in [5.74, 6) is 2.19. The highest BCUT2D eigenvalue weighted by atomic mass is 79.9. The molecule has 0 atom stereocenters. The molecule has 4 saturated carbocycles. The highest BCUT2D eigenvalue weighted by Gasteiger charge is 2.63. The van der Waals surface area contributed by atoms with Gasteiger partial charge in [-0.05, 0) is 43.9 Å². The van der Waals surface area contributed by atoms with Crippen LogP contribution in [0.15, 0.2) is 0 Å². The smallest absolute Gasteiger partial charge is 0.263 e. The van der Waals surface area contributed by atoms with Gasteiger partial charge < -0.3 is 0 Å². The van der Waals surface area contributed by atoms with Crippen molar-refractivity contribution in [1.29, 1.82) is 0 Å². The topological polar surface area (TPSA) is 43.1 Å². The van der Waals surface area contributed by atoms with Gasteiger partial charge >= 0.3 is 0 Å². The van der Waals surface area contributed by atoms with Gasteiger partial charge in [0.2, 0.25) is 0 Å². The lowest BCUT2D eigenvalue weighted by Crippen LogP contribution is -2.58. The number of halogens is 1. The second kappa shape index (κ2) is 2.71. The van der Waals surface area contributed by atoms with Gasteiger partial charge in [0.25, 0.3) is 4.45 Å². The van der Waals surface area contributed by atoms with Gasteiger partial charge in [-0.25, -0.2) is 0 Å². The van der Waals surface area contributed by atoms with E-state index in [-0.39, 0.29) is 4.92 Å². The van der Waals surface area contributed by atoms with Crippen LogP contribution in [-0.2, 0) is 0 Å². The number of nitrogens with zero attached hydrogens (tertiary/aromatic N) is 1. The van der Waals surface area contributed by atoms with Crippen molar-refractivity contribution in [3.05, 3.63) is 10.1 Å². The minimum absolute atomic E-state index is 0.0555. The van der Waals surface area contributed by atoms with Gasteiger partial charge in [-0.2, -0.15) is 0 Å². The lowest BCUT2D eigenvalue weighted by atomic mass is 9.54. The molecule has 3 nitrogen and oxygen atoms in total. The molecule has 78 valence electrons. The van der Waals surface area contributed by atoms with E-state index in [1.54, 1.807) is 0 Å². The van der Waals surface area contributed by atoms with Crippen LogP contribution in [0.25, 0.3) is 0 Å². The summed E-state index contributed by atoms with van der Waals surface area (Å²) < 4.78 is -0.763. The van der Waals surface area contributed by atoms with Gasteiger partial charge in [0.1, 0.15) is 0 Å². The fraction of sp³-hybridized carbons (Fsp3) is 1.00. The van der Waals surface area contributed by atoms with Crippen molar-refractivity contribution < 1.29 is 4.92 Å². The van der Waals surface area contributed by atoms with E-state index in [1.807, 2.05) is 0 Å². The zero-order valence-corrected chi connectivity index (χ0v) is 9.57. The molecule has 0 saturated heterocycles. The van der Waals surface area contributed by atoms with E-state index in [0.717, 1.165) is 37.5 Å². The summed E-state index contributed by atoms with van der Waals surface area (Å²) in [4.78, 5) is 11.1. The van der Waals surface area contributed by atoms with Crippen molar-refractivity contribution in [3.8, 4) is 0 Å². The van der Waals surface area contributed by atoms with Crippen molar-refractivity contribution >= 4 is 15.9 Å². The third-order valence-corrected chi connectivity index (χ3v) is 6.15. The molecule has 0 unspecified atom stereocenters. The molecule has 0 aliphatic heterocycles. The molecule has 4 fully saturated rings. The zero-order valence-electron chi connectivity index (χ0n) is 7.99. The van der Waals surface area contributed by atoms with Crippen LogP contribution >= 0.6 is 15.9 Å². The van der Waals surface area contributed by atoms with E-state index in [0.29, 0.717) is 11.8 Å². The molecule has 4 rings (SSSR count). The van der Waals surface area contributed by atoms with Crippen LogP contribution in [0, 0.1) is 33.8 Å². The minimum atomic E-state index is -0.763. The van der Waals surface area contributed by atoms with Crippen LogP contribution < -0.4 is 0 Å². The summed E-state index contributed by atoms with van der Waals surface area (Å²) >= 11 is 3.45. The fourth-order valence-electron chi connectivity index (χ4n) is 4.14. The Bertz CT molecular complexity index is 264. The van der Waals surface area contributed by atoms with Gasteiger partial charge in [-0.3, -0.25) is 10.1 Å². The Labute approximate surface area is 91.5 Å². The van der Waals surface area contributed by atoms with Gasteiger partial charge in [0.05, 0.1) is 0 Å². The van der Waals surface area contributed by atoms with Crippen LogP contribution in [0.2, 0.25) is 0 Å². The molecule has 0 aromatic rings. The van der Waals surface area contributed by atoms with Crippen molar-refractivity contribution in [1.82, 2.24) is 0 Å². The van der Waals surface area contributed by atoms with Crippen LogP contribution in [0.1, 0.15) is 32.1 Å². The first-order valence-electron chi connectivity index (χ1n) is 5.44. The van der Waals surface area contributed by atoms with Gasteiger partial charge in [0, 0.05) is 32.7 Å². The molecule has 14 heavy (non-hydrogen) atoms. The molecule has 4 aliphatic carbocycles. The summed E-state index contributed by atoms with van der Waals surface area (Å²) in [6.45, 7) is 0. The number of alkyl halides is 1. The number of hydrogen-bond acceptors (Lipinski definition) is 2. The zero-order chi connectivity index (χ0) is 9.92. The normalized spacial score (nSPS) is 54.9. The minimum Gasteiger partial charge on any atom is -0.263 e. The standard InChI is InChI=1S/C10H14BrNO2/c11-10(12(13)14)8-2-6-1-7(4-8)5-9(10)3-6/h6-9H,1-5H2. The average molecular weight is 260 g/mol. The van der Waals surface area contributed by atoms with Crippen molar-refractivity contribution in [2.45, 2.75) is 36.6 Å². The molecule has 0 amide bonds. The number of rotatable bonds is 1. The lowest BCUT2D eigenvalue weighted by Gasteiger charge is -2.53. The Morgan fingerprint density at radius 3 is 1.86 bits per heavy atom. The third-order valence-electron chi connectivity index (χ3n) is 4.56. The Kier molecular flexibility index (Phi) is 1.77. The van der Waals surface area contributed by atoms with E-state index >= 15 is 0 Å². The summed E-state index contributed by atoms with van der Waals surface area (Å²) in [5.41, 5.74) is 0. The molecule has 4 bridgehead atoms. The SMILES string of the molecule is O=[N+]([O-])C1(Br)C2CC3CC(C2)CC1C3. The molecule has 4 heteroatoms. The summed E-state index contributed by atoms with van der Waals surface area (Å²) in [6, 6.07) is 0. The van der Waals surface area contributed by atoms with Crippen LogP contribution in [-0.4, -0.2) is 9.37 Å². The summed E-state index contributed by atoms with van der Waals surface area (Å²) in [6.07, 6.45) is 5.67. The fourth-order valence-corrected chi connectivity index (χ4v) is 4.89. The quantitative estimate of drug-likeness (QED) is 0.315. The monoisotopic (exact) mass is 259 g/mol. The lowest BCUT2D eigenvalue weighted by molar-refractivity contribution is -0.567. The van der Waals surface area contributed by atoms with Gasteiger partial charge in [0.15, 0.2) is 0 Å². The van der Waals surface area contributed by atoms with E-state index in [2.05, 4.69) is 15.9 Å². The molecule has 0 N–H and O–H groups in total. The molecule has 0 aromatic carbocycles. The molecule has 4 aliphatic rings.